The second kappa shape index (κ2) is 9.88. The largest absolute Gasteiger partial charge is 0.416 e. The van der Waals surface area contributed by atoms with E-state index < -0.39 is 29.4 Å². The number of halogens is 6. The molecule has 186 valence electrons. The molecule has 35 heavy (non-hydrogen) atoms. The van der Waals surface area contributed by atoms with E-state index in [4.69, 9.17) is 0 Å². The summed E-state index contributed by atoms with van der Waals surface area (Å²) < 4.78 is 79.5. The summed E-state index contributed by atoms with van der Waals surface area (Å²) in [6.07, 6.45) is -8.49. The van der Waals surface area contributed by atoms with Crippen molar-refractivity contribution in [3.8, 4) is 22.3 Å². The molecule has 0 aromatic heterocycles. The van der Waals surface area contributed by atoms with Gasteiger partial charge in [0.05, 0.1) is 11.1 Å². The first kappa shape index (κ1) is 26.5. The molecule has 0 fully saturated rings. The van der Waals surface area contributed by atoms with Crippen LogP contribution in [-0.4, -0.2) is 5.78 Å². The second-order valence-electron chi connectivity index (χ2n) is 9.30. The average molecular weight is 493 g/mol. The fourth-order valence-electron chi connectivity index (χ4n) is 4.16. The Hall–Kier alpha value is -3.09. The Morgan fingerprint density at radius 3 is 1.71 bits per heavy atom. The van der Waals surface area contributed by atoms with Crippen LogP contribution in [0.1, 0.15) is 55.4 Å². The number of carbonyl (C=O) groups excluding carboxylic acids is 1. The van der Waals surface area contributed by atoms with E-state index in [0.29, 0.717) is 39.8 Å². The van der Waals surface area contributed by atoms with Crippen molar-refractivity contribution in [3.63, 3.8) is 0 Å². The summed E-state index contributed by atoms with van der Waals surface area (Å²) in [4.78, 5) is 12.5. The molecule has 3 aromatic rings. The smallest absolute Gasteiger partial charge is 0.299 e. The number of carbonyl (C=O) groups is 1. The first-order chi connectivity index (χ1) is 16.1. The van der Waals surface area contributed by atoms with Crippen molar-refractivity contribution in [1.29, 1.82) is 0 Å². The Kier molecular flexibility index (Phi) is 7.48. The molecule has 3 rings (SSSR count). The maximum absolute atomic E-state index is 13.5. The zero-order valence-electron chi connectivity index (χ0n) is 19.8. The van der Waals surface area contributed by atoms with Crippen molar-refractivity contribution in [1.82, 2.24) is 0 Å². The van der Waals surface area contributed by atoms with Gasteiger partial charge in [-0.05, 0) is 89.9 Å². The van der Waals surface area contributed by atoms with Gasteiger partial charge >= 0.3 is 12.4 Å². The summed E-state index contributed by atoms with van der Waals surface area (Å²) in [6.45, 7) is 6.96. The van der Waals surface area contributed by atoms with Gasteiger partial charge in [-0.25, -0.2) is 0 Å². The Bertz CT molecular complexity index is 1200. The Morgan fingerprint density at radius 1 is 0.714 bits per heavy atom. The minimum absolute atomic E-state index is 0.0885. The predicted molar refractivity (Wildman–Crippen MR) is 125 cm³/mol. The maximum Gasteiger partial charge on any atom is 0.416 e. The molecule has 1 atom stereocenters. The van der Waals surface area contributed by atoms with Crippen LogP contribution in [0.3, 0.4) is 0 Å². The Balaban J connectivity index is 2.23. The molecule has 0 aliphatic carbocycles. The molecule has 0 aliphatic rings. The van der Waals surface area contributed by atoms with E-state index in [0.717, 1.165) is 24.3 Å². The van der Waals surface area contributed by atoms with Crippen LogP contribution in [0, 0.1) is 12.8 Å². The van der Waals surface area contributed by atoms with E-state index in [1.54, 1.807) is 31.2 Å². The van der Waals surface area contributed by atoms with Gasteiger partial charge in [-0.2, -0.15) is 26.3 Å². The van der Waals surface area contributed by atoms with Gasteiger partial charge in [-0.15, -0.1) is 0 Å². The highest BCUT2D eigenvalue weighted by atomic mass is 19.4. The Morgan fingerprint density at radius 2 is 1.23 bits per heavy atom. The minimum Gasteiger partial charge on any atom is -0.299 e. The van der Waals surface area contributed by atoms with E-state index in [1.807, 2.05) is 13.8 Å². The molecular formula is C28H26F6O. The number of benzene rings is 3. The lowest BCUT2D eigenvalue weighted by Gasteiger charge is -2.20. The van der Waals surface area contributed by atoms with E-state index in [9.17, 15) is 31.1 Å². The number of rotatable bonds is 6. The van der Waals surface area contributed by atoms with Gasteiger partial charge in [0.1, 0.15) is 5.78 Å². The number of aryl methyl sites for hydroxylation is 1. The zero-order valence-corrected chi connectivity index (χ0v) is 19.8. The highest BCUT2D eigenvalue weighted by molar-refractivity contribution is 5.85. The highest BCUT2D eigenvalue weighted by Crippen LogP contribution is 2.38. The highest BCUT2D eigenvalue weighted by Gasteiger charge is 2.32. The standard InChI is InChI=1S/C28H26F6O/c1-16(2)9-26(18(4)35)23-13-21(19-5-7-24(8-6-19)27(29,30)31)12-22(14-23)20-10-17(3)11-25(15-20)28(32,33)34/h5-8,10-16,26H,9H2,1-4H3/t26-/m1/s1. The molecule has 0 spiro atoms. The first-order valence-corrected chi connectivity index (χ1v) is 11.2. The molecule has 0 unspecified atom stereocenters. The van der Waals surface area contributed by atoms with Crippen LogP contribution in [0.2, 0.25) is 0 Å². The van der Waals surface area contributed by atoms with Crippen molar-refractivity contribution in [2.45, 2.75) is 52.4 Å². The number of ketones is 1. The minimum atomic E-state index is -4.53. The summed E-state index contributed by atoms with van der Waals surface area (Å²) in [5.74, 6) is -0.401. The van der Waals surface area contributed by atoms with Crippen LogP contribution in [-0.2, 0) is 17.1 Å². The lowest BCUT2D eigenvalue weighted by molar-refractivity contribution is -0.138. The topological polar surface area (TPSA) is 17.1 Å². The summed E-state index contributed by atoms with van der Waals surface area (Å²) >= 11 is 0. The van der Waals surface area contributed by atoms with Gasteiger partial charge in [-0.3, -0.25) is 4.79 Å². The predicted octanol–water partition coefficient (Wildman–Crippen LogP) is 9.09. The van der Waals surface area contributed by atoms with Gasteiger partial charge in [0, 0.05) is 5.92 Å². The monoisotopic (exact) mass is 492 g/mol. The summed E-state index contributed by atoms with van der Waals surface area (Å²) in [5.41, 5.74) is 1.22. The van der Waals surface area contributed by atoms with Gasteiger partial charge in [-0.1, -0.05) is 44.2 Å². The third-order valence-electron chi connectivity index (χ3n) is 5.84. The molecule has 0 heterocycles. The van der Waals surface area contributed by atoms with Crippen molar-refractivity contribution >= 4 is 5.78 Å². The van der Waals surface area contributed by atoms with Crippen LogP contribution < -0.4 is 0 Å². The van der Waals surface area contributed by atoms with E-state index in [2.05, 4.69) is 0 Å². The molecule has 0 saturated carbocycles. The van der Waals surface area contributed by atoms with E-state index in [1.165, 1.54) is 19.1 Å². The number of hydrogen-bond donors (Lipinski definition) is 0. The van der Waals surface area contributed by atoms with E-state index >= 15 is 0 Å². The molecular weight excluding hydrogens is 466 g/mol. The van der Waals surface area contributed by atoms with Crippen LogP contribution in [0.25, 0.3) is 22.3 Å². The Labute approximate surface area is 200 Å². The number of Topliss-reactive ketones (excluding diaryl/α,β-unsaturated/α-hetero) is 1. The molecule has 0 saturated heterocycles. The third kappa shape index (κ3) is 6.53. The SMILES string of the molecule is CC(=O)[C@@H](CC(C)C)c1cc(-c2ccc(C(F)(F)F)cc2)cc(-c2cc(C)cc(C(F)(F)F)c2)c1. The fraction of sp³-hybridized carbons (Fsp3) is 0.321. The summed E-state index contributed by atoms with van der Waals surface area (Å²) in [7, 11) is 0. The number of alkyl halides is 6. The van der Waals surface area contributed by atoms with Crippen LogP contribution >= 0.6 is 0 Å². The second-order valence-corrected chi connectivity index (χ2v) is 9.30. The van der Waals surface area contributed by atoms with Crippen molar-refractivity contribution < 1.29 is 31.1 Å². The summed E-state index contributed by atoms with van der Waals surface area (Å²) in [5, 5.41) is 0. The van der Waals surface area contributed by atoms with Crippen molar-refractivity contribution in [2.75, 3.05) is 0 Å². The van der Waals surface area contributed by atoms with E-state index in [-0.39, 0.29) is 11.7 Å². The molecule has 3 aromatic carbocycles. The van der Waals surface area contributed by atoms with Crippen molar-refractivity contribution in [2.24, 2.45) is 5.92 Å². The lowest BCUT2D eigenvalue weighted by Crippen LogP contribution is -2.12. The number of hydrogen-bond acceptors (Lipinski definition) is 1. The van der Waals surface area contributed by atoms with Gasteiger partial charge in [0.2, 0.25) is 0 Å². The fourth-order valence-corrected chi connectivity index (χ4v) is 4.16. The molecule has 0 aliphatic heterocycles. The zero-order chi connectivity index (χ0) is 26.1. The third-order valence-corrected chi connectivity index (χ3v) is 5.84. The molecule has 7 heteroatoms. The first-order valence-electron chi connectivity index (χ1n) is 11.2. The molecule has 1 nitrogen and oxygen atoms in total. The van der Waals surface area contributed by atoms with Gasteiger partial charge < -0.3 is 0 Å². The molecule has 0 amide bonds. The van der Waals surface area contributed by atoms with Crippen LogP contribution in [0.15, 0.2) is 60.7 Å². The van der Waals surface area contributed by atoms with Crippen molar-refractivity contribution in [3.05, 3.63) is 82.9 Å². The molecule has 0 N–H and O–H groups in total. The molecule has 0 bridgehead atoms. The maximum atomic E-state index is 13.5. The van der Waals surface area contributed by atoms with Gasteiger partial charge in [0.15, 0.2) is 0 Å². The normalized spacial score (nSPS) is 13.2. The lowest BCUT2D eigenvalue weighted by atomic mass is 9.84. The average Bonchev–Trinajstić information content (AvgIpc) is 2.75. The van der Waals surface area contributed by atoms with Crippen LogP contribution in [0.4, 0.5) is 26.3 Å². The van der Waals surface area contributed by atoms with Gasteiger partial charge in [0.25, 0.3) is 0 Å². The quantitative estimate of drug-likeness (QED) is 0.314. The molecule has 0 radical (unpaired) electrons. The van der Waals surface area contributed by atoms with Crippen LogP contribution in [0.5, 0.6) is 0 Å². The summed E-state index contributed by atoms with van der Waals surface area (Å²) in [6, 6.07) is 13.4.